The van der Waals surface area contributed by atoms with E-state index in [1.165, 1.54) is 12.6 Å². The van der Waals surface area contributed by atoms with Crippen molar-refractivity contribution in [2.24, 2.45) is 5.73 Å². The second-order valence-corrected chi connectivity index (χ2v) is 2.69. The number of benzene rings is 1. The number of carbonyl (C=O) groups is 1. The summed E-state index contributed by atoms with van der Waals surface area (Å²) >= 11 is 0. The Morgan fingerprint density at radius 1 is 1.23 bits per heavy atom. The number of rotatable bonds is 3. The van der Waals surface area contributed by atoms with Gasteiger partial charge in [0.1, 0.15) is 5.78 Å². The molecule has 0 bridgehead atoms. The Kier molecular flexibility index (Phi) is 6.83. The standard InChI is InChI=1S/C10H12O.CH5N/c1-9(11)7-8-10-5-3-2-4-6-10;1-2/h2-6H,7-8H2,1H3;2H2,1H3. The summed E-state index contributed by atoms with van der Waals surface area (Å²) in [6.45, 7) is 1.63. The van der Waals surface area contributed by atoms with E-state index in [-0.39, 0.29) is 5.78 Å². The van der Waals surface area contributed by atoms with Crippen LogP contribution in [0.1, 0.15) is 18.9 Å². The van der Waals surface area contributed by atoms with Gasteiger partial charge in [-0.1, -0.05) is 30.3 Å². The molecule has 0 saturated carbocycles. The van der Waals surface area contributed by atoms with Gasteiger partial charge in [-0.15, -0.1) is 0 Å². The summed E-state index contributed by atoms with van der Waals surface area (Å²) in [7, 11) is 1.50. The molecule has 0 atom stereocenters. The largest absolute Gasteiger partial charge is 0.333 e. The highest BCUT2D eigenvalue weighted by Gasteiger charge is 1.94. The quantitative estimate of drug-likeness (QED) is 0.768. The van der Waals surface area contributed by atoms with Gasteiger partial charge in [0.25, 0.3) is 0 Å². The summed E-state index contributed by atoms with van der Waals surface area (Å²) in [6, 6.07) is 10.1. The normalized spacial score (nSPS) is 8.54. The van der Waals surface area contributed by atoms with E-state index in [4.69, 9.17) is 0 Å². The Labute approximate surface area is 79.8 Å². The van der Waals surface area contributed by atoms with Crippen LogP contribution in [0.2, 0.25) is 0 Å². The monoisotopic (exact) mass is 179 g/mol. The van der Waals surface area contributed by atoms with Crippen LogP contribution in [-0.4, -0.2) is 12.8 Å². The minimum atomic E-state index is 0.258. The Morgan fingerprint density at radius 2 is 1.77 bits per heavy atom. The molecule has 0 amide bonds. The lowest BCUT2D eigenvalue weighted by Crippen LogP contribution is -1.92. The van der Waals surface area contributed by atoms with Crippen molar-refractivity contribution in [3.8, 4) is 0 Å². The molecule has 13 heavy (non-hydrogen) atoms. The third-order valence-corrected chi connectivity index (χ3v) is 1.61. The van der Waals surface area contributed by atoms with Gasteiger partial charge in [-0.05, 0) is 26.0 Å². The summed E-state index contributed by atoms with van der Waals surface area (Å²) in [4.78, 5) is 10.6. The van der Waals surface area contributed by atoms with Crippen molar-refractivity contribution in [1.29, 1.82) is 0 Å². The molecule has 2 heteroatoms. The van der Waals surface area contributed by atoms with Gasteiger partial charge < -0.3 is 10.5 Å². The Balaban J connectivity index is 0.000000671. The number of nitrogens with two attached hydrogens (primary N) is 1. The lowest BCUT2D eigenvalue weighted by molar-refractivity contribution is -0.116. The van der Waals surface area contributed by atoms with E-state index in [1.807, 2.05) is 30.3 Å². The van der Waals surface area contributed by atoms with Crippen LogP contribution in [0, 0.1) is 0 Å². The molecule has 0 spiro atoms. The molecule has 0 saturated heterocycles. The first-order chi connectivity index (χ1) is 6.29. The van der Waals surface area contributed by atoms with Crippen molar-refractivity contribution in [3.63, 3.8) is 0 Å². The molecule has 1 aromatic rings. The smallest absolute Gasteiger partial charge is 0.130 e. The molecule has 0 unspecified atom stereocenters. The molecular weight excluding hydrogens is 162 g/mol. The lowest BCUT2D eigenvalue weighted by atomic mass is 10.1. The minimum absolute atomic E-state index is 0.258. The van der Waals surface area contributed by atoms with Crippen molar-refractivity contribution in [3.05, 3.63) is 35.9 Å². The van der Waals surface area contributed by atoms with E-state index in [0.717, 1.165) is 6.42 Å². The average molecular weight is 179 g/mol. The summed E-state index contributed by atoms with van der Waals surface area (Å²) < 4.78 is 0. The maximum atomic E-state index is 10.6. The first kappa shape index (κ1) is 11.8. The molecule has 0 aliphatic heterocycles. The molecular formula is C11H17NO. The van der Waals surface area contributed by atoms with E-state index in [0.29, 0.717) is 6.42 Å². The van der Waals surface area contributed by atoms with Gasteiger partial charge >= 0.3 is 0 Å². The van der Waals surface area contributed by atoms with Gasteiger partial charge in [0.05, 0.1) is 0 Å². The van der Waals surface area contributed by atoms with Gasteiger partial charge in [0.2, 0.25) is 0 Å². The SMILES string of the molecule is CC(=O)CCc1ccccc1.CN. The van der Waals surface area contributed by atoms with Crippen LogP contribution >= 0.6 is 0 Å². The third kappa shape index (κ3) is 6.05. The van der Waals surface area contributed by atoms with Crippen LogP contribution in [0.15, 0.2) is 30.3 Å². The Bertz CT molecular complexity index is 231. The molecule has 0 aliphatic carbocycles. The van der Waals surface area contributed by atoms with Crippen LogP contribution in [0.3, 0.4) is 0 Å². The van der Waals surface area contributed by atoms with Crippen molar-refractivity contribution >= 4 is 5.78 Å². The van der Waals surface area contributed by atoms with Gasteiger partial charge in [-0.25, -0.2) is 0 Å². The zero-order chi connectivity index (χ0) is 10.1. The highest BCUT2D eigenvalue weighted by atomic mass is 16.1. The van der Waals surface area contributed by atoms with Crippen LogP contribution in [0.25, 0.3) is 0 Å². The second kappa shape index (κ2) is 7.50. The number of carbonyl (C=O) groups excluding carboxylic acids is 1. The van der Waals surface area contributed by atoms with E-state index >= 15 is 0 Å². The molecule has 72 valence electrons. The van der Waals surface area contributed by atoms with Gasteiger partial charge in [-0.3, -0.25) is 0 Å². The Hall–Kier alpha value is -1.15. The number of Topliss-reactive ketones (excluding diaryl/α,β-unsaturated/α-hetero) is 1. The zero-order valence-corrected chi connectivity index (χ0v) is 8.29. The Morgan fingerprint density at radius 3 is 2.23 bits per heavy atom. The number of hydrogen-bond acceptors (Lipinski definition) is 2. The predicted octanol–water partition coefficient (Wildman–Crippen LogP) is 1.78. The summed E-state index contributed by atoms with van der Waals surface area (Å²) in [6.07, 6.45) is 1.53. The molecule has 0 heterocycles. The fourth-order valence-corrected chi connectivity index (χ4v) is 0.965. The van der Waals surface area contributed by atoms with Crippen LogP contribution in [-0.2, 0) is 11.2 Å². The van der Waals surface area contributed by atoms with Crippen molar-refractivity contribution in [1.82, 2.24) is 0 Å². The van der Waals surface area contributed by atoms with Gasteiger partial charge in [0, 0.05) is 6.42 Å². The molecule has 2 nitrogen and oxygen atoms in total. The van der Waals surface area contributed by atoms with Crippen molar-refractivity contribution < 1.29 is 4.79 Å². The summed E-state index contributed by atoms with van der Waals surface area (Å²) in [5.41, 5.74) is 5.74. The van der Waals surface area contributed by atoms with Gasteiger partial charge in [-0.2, -0.15) is 0 Å². The highest BCUT2D eigenvalue weighted by Crippen LogP contribution is 2.01. The zero-order valence-electron chi connectivity index (χ0n) is 8.29. The summed E-state index contributed by atoms with van der Waals surface area (Å²) in [5, 5.41) is 0. The fraction of sp³-hybridized carbons (Fsp3) is 0.364. The lowest BCUT2D eigenvalue weighted by Gasteiger charge is -1.96. The molecule has 0 aliphatic rings. The summed E-state index contributed by atoms with van der Waals surface area (Å²) in [5.74, 6) is 0.258. The fourth-order valence-electron chi connectivity index (χ4n) is 0.965. The minimum Gasteiger partial charge on any atom is -0.333 e. The molecule has 0 aromatic heterocycles. The number of hydrogen-bond donors (Lipinski definition) is 1. The van der Waals surface area contributed by atoms with Crippen LogP contribution in [0.4, 0.5) is 0 Å². The first-order valence-electron chi connectivity index (χ1n) is 4.40. The molecule has 0 radical (unpaired) electrons. The highest BCUT2D eigenvalue weighted by molar-refractivity contribution is 5.75. The predicted molar refractivity (Wildman–Crippen MR) is 55.6 cm³/mol. The van der Waals surface area contributed by atoms with E-state index in [9.17, 15) is 4.79 Å². The number of aryl methyl sites for hydroxylation is 1. The third-order valence-electron chi connectivity index (χ3n) is 1.61. The molecule has 1 rings (SSSR count). The average Bonchev–Trinajstić information content (AvgIpc) is 2.19. The van der Waals surface area contributed by atoms with E-state index in [1.54, 1.807) is 6.92 Å². The van der Waals surface area contributed by atoms with E-state index < -0.39 is 0 Å². The van der Waals surface area contributed by atoms with Crippen LogP contribution < -0.4 is 5.73 Å². The topological polar surface area (TPSA) is 43.1 Å². The number of ketones is 1. The molecule has 2 N–H and O–H groups in total. The molecule has 0 fully saturated rings. The second-order valence-electron chi connectivity index (χ2n) is 2.69. The maximum Gasteiger partial charge on any atom is 0.130 e. The molecule has 1 aromatic carbocycles. The van der Waals surface area contributed by atoms with Crippen LogP contribution in [0.5, 0.6) is 0 Å². The van der Waals surface area contributed by atoms with Crippen molar-refractivity contribution in [2.75, 3.05) is 7.05 Å². The van der Waals surface area contributed by atoms with Gasteiger partial charge in [0.15, 0.2) is 0 Å². The van der Waals surface area contributed by atoms with Crippen molar-refractivity contribution in [2.45, 2.75) is 19.8 Å². The maximum absolute atomic E-state index is 10.6. The van der Waals surface area contributed by atoms with E-state index in [2.05, 4.69) is 5.73 Å². The first-order valence-corrected chi connectivity index (χ1v) is 4.40.